The van der Waals surface area contributed by atoms with Gasteiger partial charge in [-0.2, -0.15) is 0 Å². The second-order valence-electron chi connectivity index (χ2n) is 4.17. The van der Waals surface area contributed by atoms with E-state index in [9.17, 15) is 13.6 Å². The third-order valence-corrected chi connectivity index (χ3v) is 2.46. The monoisotopic (exact) mass is 242 g/mol. The number of hydrogen-bond donors (Lipinski definition) is 2. The molecule has 3 N–H and O–H groups in total. The number of nitrogens with two attached hydrogens (primary N) is 1. The van der Waals surface area contributed by atoms with Crippen molar-refractivity contribution < 1.29 is 13.6 Å². The number of anilines is 1. The van der Waals surface area contributed by atoms with Crippen molar-refractivity contribution in [2.75, 3.05) is 11.9 Å². The summed E-state index contributed by atoms with van der Waals surface area (Å²) in [6.45, 7) is 3.64. The van der Waals surface area contributed by atoms with Crippen molar-refractivity contribution in [3.8, 4) is 0 Å². The zero-order chi connectivity index (χ0) is 13.0. The molecule has 1 atom stereocenters. The molecule has 1 unspecified atom stereocenters. The summed E-state index contributed by atoms with van der Waals surface area (Å²) < 4.78 is 26.6. The van der Waals surface area contributed by atoms with E-state index in [2.05, 4.69) is 5.32 Å². The van der Waals surface area contributed by atoms with Crippen LogP contribution in [0.15, 0.2) is 12.1 Å². The van der Waals surface area contributed by atoms with Crippen LogP contribution in [0.4, 0.5) is 14.5 Å². The lowest BCUT2D eigenvalue weighted by Crippen LogP contribution is -2.20. The molecule has 0 bridgehead atoms. The van der Waals surface area contributed by atoms with Crippen LogP contribution in [0.3, 0.4) is 0 Å². The van der Waals surface area contributed by atoms with Gasteiger partial charge in [-0.3, -0.25) is 4.79 Å². The highest BCUT2D eigenvalue weighted by atomic mass is 19.1. The normalized spacial score (nSPS) is 12.3. The quantitative estimate of drug-likeness (QED) is 0.850. The molecular weight excluding hydrogens is 226 g/mol. The number of hydrogen-bond acceptors (Lipinski definition) is 2. The van der Waals surface area contributed by atoms with E-state index in [0.29, 0.717) is 6.54 Å². The predicted octanol–water partition coefficient (Wildman–Crippen LogP) is 2.20. The van der Waals surface area contributed by atoms with Crippen molar-refractivity contribution in [3.63, 3.8) is 0 Å². The molecule has 3 nitrogen and oxygen atoms in total. The molecular formula is C12H16F2N2O. The molecule has 1 rings (SSSR count). The summed E-state index contributed by atoms with van der Waals surface area (Å²) in [7, 11) is 0. The average Bonchev–Trinajstić information content (AvgIpc) is 2.25. The molecule has 0 spiro atoms. The van der Waals surface area contributed by atoms with Gasteiger partial charge in [0.2, 0.25) is 5.91 Å². The largest absolute Gasteiger partial charge is 0.330 e. The van der Waals surface area contributed by atoms with Gasteiger partial charge in [0.25, 0.3) is 0 Å². The van der Waals surface area contributed by atoms with E-state index in [0.717, 1.165) is 12.1 Å². The number of benzene rings is 1. The molecule has 0 aliphatic rings. The number of carbonyl (C=O) groups is 1. The summed E-state index contributed by atoms with van der Waals surface area (Å²) in [6.07, 6.45) is 0.186. The lowest BCUT2D eigenvalue weighted by atomic mass is 10.1. The van der Waals surface area contributed by atoms with Gasteiger partial charge in [-0.15, -0.1) is 0 Å². The second kappa shape index (κ2) is 5.72. The van der Waals surface area contributed by atoms with Crippen LogP contribution in [0.1, 0.15) is 18.9 Å². The third kappa shape index (κ3) is 3.78. The molecule has 0 saturated heterocycles. The Kier molecular flexibility index (Phi) is 4.57. The first-order valence-electron chi connectivity index (χ1n) is 5.39. The van der Waals surface area contributed by atoms with E-state index >= 15 is 0 Å². The molecule has 94 valence electrons. The molecule has 0 radical (unpaired) electrons. The summed E-state index contributed by atoms with van der Waals surface area (Å²) in [5.74, 6) is -1.55. The smallest absolute Gasteiger partial charge is 0.224 e. The summed E-state index contributed by atoms with van der Waals surface area (Å²) >= 11 is 0. The lowest BCUT2D eigenvalue weighted by molar-refractivity contribution is -0.116. The first kappa shape index (κ1) is 13.6. The predicted molar refractivity (Wildman–Crippen MR) is 62.6 cm³/mol. The van der Waals surface area contributed by atoms with Gasteiger partial charge in [0.05, 0.1) is 5.69 Å². The molecule has 0 aromatic heterocycles. The Bertz CT molecular complexity index is 421. The number of nitrogens with one attached hydrogen (secondary N) is 1. The molecule has 1 amide bonds. The zero-order valence-corrected chi connectivity index (χ0v) is 9.89. The highest BCUT2D eigenvalue weighted by Crippen LogP contribution is 2.19. The van der Waals surface area contributed by atoms with Gasteiger partial charge in [0.1, 0.15) is 11.6 Å². The third-order valence-electron chi connectivity index (χ3n) is 2.46. The second-order valence-corrected chi connectivity index (χ2v) is 4.17. The van der Waals surface area contributed by atoms with E-state index in [1.54, 1.807) is 0 Å². The SMILES string of the molecule is Cc1cc(F)c(NC(=O)CC(C)CN)cc1F. The van der Waals surface area contributed by atoms with Crippen LogP contribution >= 0.6 is 0 Å². The van der Waals surface area contributed by atoms with Gasteiger partial charge < -0.3 is 11.1 Å². The van der Waals surface area contributed by atoms with Crippen LogP contribution in [-0.4, -0.2) is 12.5 Å². The minimum atomic E-state index is -0.641. The van der Waals surface area contributed by atoms with Crippen LogP contribution in [0, 0.1) is 24.5 Å². The fourth-order valence-corrected chi connectivity index (χ4v) is 1.34. The van der Waals surface area contributed by atoms with E-state index in [1.165, 1.54) is 6.92 Å². The first-order valence-corrected chi connectivity index (χ1v) is 5.39. The molecule has 0 fully saturated rings. The summed E-state index contributed by atoms with van der Waals surface area (Å²) in [5, 5.41) is 2.33. The van der Waals surface area contributed by atoms with E-state index in [4.69, 9.17) is 5.73 Å². The number of aryl methyl sites for hydroxylation is 1. The minimum Gasteiger partial charge on any atom is -0.330 e. The molecule has 0 saturated carbocycles. The number of halogens is 2. The average molecular weight is 242 g/mol. The molecule has 1 aromatic carbocycles. The van der Waals surface area contributed by atoms with Crippen molar-refractivity contribution in [1.29, 1.82) is 0 Å². The van der Waals surface area contributed by atoms with Gasteiger partial charge in [-0.05, 0) is 31.0 Å². The Morgan fingerprint density at radius 2 is 2.06 bits per heavy atom. The summed E-state index contributed by atoms with van der Waals surface area (Å²) in [6, 6.07) is 2.03. The van der Waals surface area contributed by atoms with Crippen molar-refractivity contribution in [2.24, 2.45) is 11.7 Å². The number of carbonyl (C=O) groups excluding carboxylic acids is 1. The first-order chi connectivity index (χ1) is 7.93. The van der Waals surface area contributed by atoms with Crippen LogP contribution in [0.2, 0.25) is 0 Å². The maximum absolute atomic E-state index is 13.4. The maximum Gasteiger partial charge on any atom is 0.224 e. The van der Waals surface area contributed by atoms with Crippen LogP contribution in [-0.2, 0) is 4.79 Å². The fraction of sp³-hybridized carbons (Fsp3) is 0.417. The van der Waals surface area contributed by atoms with E-state index in [-0.39, 0.29) is 29.5 Å². The van der Waals surface area contributed by atoms with Crippen molar-refractivity contribution in [1.82, 2.24) is 0 Å². The highest BCUT2D eigenvalue weighted by Gasteiger charge is 2.12. The van der Waals surface area contributed by atoms with E-state index < -0.39 is 11.6 Å². The Labute approximate surface area is 99.0 Å². The molecule has 1 aromatic rings. The minimum absolute atomic E-state index is 0.00774. The van der Waals surface area contributed by atoms with Crippen LogP contribution in [0.5, 0.6) is 0 Å². The van der Waals surface area contributed by atoms with Crippen LogP contribution in [0.25, 0.3) is 0 Å². The highest BCUT2D eigenvalue weighted by molar-refractivity contribution is 5.91. The van der Waals surface area contributed by atoms with Gasteiger partial charge in [0.15, 0.2) is 0 Å². The summed E-state index contributed by atoms with van der Waals surface area (Å²) in [4.78, 5) is 11.5. The lowest BCUT2D eigenvalue weighted by Gasteiger charge is -2.10. The maximum atomic E-state index is 13.4. The van der Waals surface area contributed by atoms with Crippen molar-refractivity contribution in [3.05, 3.63) is 29.3 Å². The van der Waals surface area contributed by atoms with Crippen LogP contribution < -0.4 is 11.1 Å². The van der Waals surface area contributed by atoms with Gasteiger partial charge >= 0.3 is 0 Å². The topological polar surface area (TPSA) is 55.1 Å². The van der Waals surface area contributed by atoms with E-state index in [1.807, 2.05) is 6.92 Å². The number of rotatable bonds is 4. The Morgan fingerprint density at radius 1 is 1.41 bits per heavy atom. The Morgan fingerprint density at radius 3 is 2.65 bits per heavy atom. The van der Waals surface area contributed by atoms with Crippen molar-refractivity contribution >= 4 is 11.6 Å². The Hall–Kier alpha value is -1.49. The van der Waals surface area contributed by atoms with Gasteiger partial charge in [-0.25, -0.2) is 8.78 Å². The zero-order valence-electron chi connectivity index (χ0n) is 9.89. The standard InChI is InChI=1S/C12H16F2N2O/c1-7(6-15)3-12(17)16-11-5-9(13)8(2)4-10(11)14/h4-5,7H,3,6,15H2,1-2H3,(H,16,17). The summed E-state index contributed by atoms with van der Waals surface area (Å²) in [5.41, 5.74) is 5.44. The molecule has 0 aliphatic carbocycles. The Balaban J connectivity index is 2.75. The molecule has 5 heteroatoms. The van der Waals surface area contributed by atoms with Gasteiger partial charge in [-0.1, -0.05) is 6.92 Å². The van der Waals surface area contributed by atoms with Crippen molar-refractivity contribution in [2.45, 2.75) is 20.3 Å². The van der Waals surface area contributed by atoms with Gasteiger partial charge in [0, 0.05) is 12.5 Å². The molecule has 0 aliphatic heterocycles. The molecule has 0 heterocycles. The fourth-order valence-electron chi connectivity index (χ4n) is 1.34. The number of amides is 1. The molecule has 17 heavy (non-hydrogen) atoms.